The summed E-state index contributed by atoms with van der Waals surface area (Å²) < 4.78 is 0. The molecular weight excluding hydrogens is 112 g/mol. The highest BCUT2D eigenvalue weighted by atomic mass is 14.6. The third-order valence-corrected chi connectivity index (χ3v) is 0.874. The molecule has 0 heterocycles. The minimum atomic E-state index is 0.517. The molecule has 0 fully saturated rings. The lowest BCUT2D eigenvalue weighted by molar-refractivity contribution is 1.17. The molecule has 0 saturated carbocycles. The Kier molecular flexibility index (Phi) is 4.73. The van der Waals surface area contributed by atoms with E-state index < -0.39 is 0 Å². The lowest BCUT2D eigenvalue weighted by Gasteiger charge is -1.90. The molecule has 0 atom stereocenters. The molecule has 0 bridgehead atoms. The van der Waals surface area contributed by atoms with Gasteiger partial charge in [-0.2, -0.15) is 0 Å². The maximum absolute atomic E-state index is 5.34. The fourth-order valence-corrected chi connectivity index (χ4v) is 0.495. The molecule has 0 spiro atoms. The van der Waals surface area contributed by atoms with Crippen LogP contribution in [0.25, 0.3) is 0 Å². The fraction of sp³-hybridized carbons (Fsp3) is 0.286. The van der Waals surface area contributed by atoms with E-state index in [0.29, 0.717) is 6.54 Å². The lowest BCUT2D eigenvalue weighted by atomic mass is 10.3. The summed E-state index contributed by atoms with van der Waals surface area (Å²) in [6, 6.07) is 0. The molecule has 0 aromatic rings. The van der Waals surface area contributed by atoms with Crippen molar-refractivity contribution in [3.05, 3.63) is 23.9 Å². The van der Waals surface area contributed by atoms with E-state index in [1.165, 1.54) is 0 Å². The van der Waals surface area contributed by atoms with E-state index in [-0.39, 0.29) is 0 Å². The zero-order valence-electron chi connectivity index (χ0n) is 5.67. The second-order valence-electron chi connectivity index (χ2n) is 1.59. The Morgan fingerprint density at radius 3 is 2.78 bits per heavy atom. The van der Waals surface area contributed by atoms with E-state index in [1.807, 2.05) is 19.1 Å². The summed E-state index contributed by atoms with van der Waals surface area (Å²) in [6.07, 6.45) is 5.48. The first kappa shape index (κ1) is 8.11. The Hall–Kier alpha value is -0.890. The first-order chi connectivity index (χ1) is 4.35. The van der Waals surface area contributed by atoms with Crippen molar-refractivity contribution in [2.24, 2.45) is 10.7 Å². The van der Waals surface area contributed by atoms with Gasteiger partial charge in [0.1, 0.15) is 0 Å². The van der Waals surface area contributed by atoms with Crippen molar-refractivity contribution in [2.45, 2.75) is 6.92 Å². The number of rotatable bonds is 3. The van der Waals surface area contributed by atoms with E-state index in [1.54, 1.807) is 6.20 Å². The third kappa shape index (κ3) is 3.67. The van der Waals surface area contributed by atoms with Gasteiger partial charge in [0.15, 0.2) is 0 Å². The summed E-state index contributed by atoms with van der Waals surface area (Å²) >= 11 is 0. The lowest BCUT2D eigenvalue weighted by Crippen LogP contribution is -1.99. The number of hydrogen-bond acceptors (Lipinski definition) is 2. The van der Waals surface area contributed by atoms with Crippen LogP contribution in [0.1, 0.15) is 6.92 Å². The minimum Gasteiger partial charge on any atom is -0.326 e. The van der Waals surface area contributed by atoms with Gasteiger partial charge in [-0.05, 0) is 19.2 Å². The van der Waals surface area contributed by atoms with Crippen LogP contribution in [0.3, 0.4) is 0 Å². The smallest absolute Gasteiger partial charge is 0.0305 e. The average molecular weight is 124 g/mol. The summed E-state index contributed by atoms with van der Waals surface area (Å²) in [5.74, 6) is 0. The number of hydrogen-bond donors (Lipinski definition) is 1. The van der Waals surface area contributed by atoms with Gasteiger partial charge in [0.25, 0.3) is 0 Å². The van der Waals surface area contributed by atoms with Crippen molar-refractivity contribution in [1.29, 1.82) is 0 Å². The number of nitrogens with zero attached hydrogens (tertiary/aromatic N) is 1. The highest BCUT2D eigenvalue weighted by Crippen LogP contribution is 1.92. The Morgan fingerprint density at radius 2 is 2.44 bits per heavy atom. The molecule has 2 heteroatoms. The molecule has 0 unspecified atom stereocenters. The summed E-state index contributed by atoms with van der Waals surface area (Å²) in [5, 5.41) is 0. The second kappa shape index (κ2) is 5.25. The summed E-state index contributed by atoms with van der Waals surface area (Å²) in [5.41, 5.74) is 6.33. The number of allylic oxidation sites excluding steroid dienone is 1. The van der Waals surface area contributed by atoms with Gasteiger partial charge in [-0.25, -0.2) is 0 Å². The predicted molar refractivity (Wildman–Crippen MR) is 41.5 cm³/mol. The molecule has 0 saturated heterocycles. The highest BCUT2D eigenvalue weighted by Gasteiger charge is 1.81. The normalized spacial score (nSPS) is 12.4. The van der Waals surface area contributed by atoms with Gasteiger partial charge >= 0.3 is 0 Å². The molecule has 0 amide bonds. The maximum Gasteiger partial charge on any atom is 0.0305 e. The Bertz CT molecular complexity index is 134. The van der Waals surface area contributed by atoms with Crippen molar-refractivity contribution in [1.82, 2.24) is 0 Å². The molecular formula is C7H12N2. The van der Waals surface area contributed by atoms with Crippen LogP contribution in [0.4, 0.5) is 0 Å². The number of aliphatic imine (C=N–C) groups is 1. The fourth-order valence-electron chi connectivity index (χ4n) is 0.495. The molecule has 0 aliphatic heterocycles. The molecule has 0 rings (SSSR count). The van der Waals surface area contributed by atoms with Crippen LogP contribution in [0.2, 0.25) is 0 Å². The van der Waals surface area contributed by atoms with E-state index >= 15 is 0 Å². The molecule has 0 aromatic carbocycles. The van der Waals surface area contributed by atoms with Crippen LogP contribution in [-0.4, -0.2) is 13.3 Å². The molecule has 9 heavy (non-hydrogen) atoms. The van der Waals surface area contributed by atoms with Crippen molar-refractivity contribution in [3.63, 3.8) is 0 Å². The largest absolute Gasteiger partial charge is 0.326 e. The Labute approximate surface area is 55.8 Å². The predicted octanol–water partition coefficient (Wildman–Crippen LogP) is 1.11. The van der Waals surface area contributed by atoms with Crippen molar-refractivity contribution in [2.75, 3.05) is 6.54 Å². The summed E-state index contributed by atoms with van der Waals surface area (Å²) in [7, 11) is 0. The maximum atomic E-state index is 5.34. The number of nitrogens with two attached hydrogens (primary N) is 1. The zero-order valence-corrected chi connectivity index (χ0v) is 5.67. The standard InChI is InChI=1S/C7H12N2/c1-3-4-7(5-8)6-9-2/h3-4,6H,2,5,8H2,1H3/b4-3-,7-6+. The van der Waals surface area contributed by atoms with Gasteiger partial charge in [-0.3, -0.25) is 4.99 Å². The summed E-state index contributed by atoms with van der Waals surface area (Å²) in [4.78, 5) is 3.58. The first-order valence-corrected chi connectivity index (χ1v) is 2.82. The zero-order chi connectivity index (χ0) is 7.11. The molecule has 2 nitrogen and oxygen atoms in total. The van der Waals surface area contributed by atoms with E-state index in [4.69, 9.17) is 5.73 Å². The van der Waals surface area contributed by atoms with Crippen molar-refractivity contribution < 1.29 is 0 Å². The minimum absolute atomic E-state index is 0.517. The molecule has 0 aliphatic rings. The molecule has 2 N–H and O–H groups in total. The van der Waals surface area contributed by atoms with Crippen LogP contribution in [-0.2, 0) is 0 Å². The van der Waals surface area contributed by atoms with Gasteiger partial charge in [-0.15, -0.1) is 0 Å². The van der Waals surface area contributed by atoms with Gasteiger partial charge in [0.05, 0.1) is 0 Å². The molecule has 0 aromatic heterocycles. The van der Waals surface area contributed by atoms with Crippen LogP contribution in [0.15, 0.2) is 28.9 Å². The van der Waals surface area contributed by atoms with E-state index in [0.717, 1.165) is 5.57 Å². The van der Waals surface area contributed by atoms with Gasteiger partial charge < -0.3 is 5.73 Å². The molecule has 50 valence electrons. The Balaban J connectivity index is 3.96. The molecule has 0 radical (unpaired) electrons. The van der Waals surface area contributed by atoms with E-state index in [2.05, 4.69) is 11.7 Å². The monoisotopic (exact) mass is 124 g/mol. The van der Waals surface area contributed by atoms with Crippen LogP contribution < -0.4 is 5.73 Å². The first-order valence-electron chi connectivity index (χ1n) is 2.82. The van der Waals surface area contributed by atoms with Gasteiger partial charge in [-0.1, -0.05) is 12.2 Å². The Morgan fingerprint density at radius 1 is 1.78 bits per heavy atom. The molecule has 0 aliphatic carbocycles. The quantitative estimate of drug-likeness (QED) is 0.444. The van der Waals surface area contributed by atoms with Crippen molar-refractivity contribution in [3.8, 4) is 0 Å². The van der Waals surface area contributed by atoms with Gasteiger partial charge in [0, 0.05) is 12.7 Å². The summed E-state index contributed by atoms with van der Waals surface area (Å²) in [6.45, 7) is 5.77. The third-order valence-electron chi connectivity index (χ3n) is 0.874. The van der Waals surface area contributed by atoms with E-state index in [9.17, 15) is 0 Å². The average Bonchev–Trinajstić information content (AvgIpc) is 1.88. The van der Waals surface area contributed by atoms with Crippen molar-refractivity contribution >= 4 is 6.72 Å². The second-order valence-corrected chi connectivity index (χ2v) is 1.59. The topological polar surface area (TPSA) is 38.4 Å². The SMILES string of the molecule is C=N/C=C(\C=C/C)CN. The van der Waals surface area contributed by atoms with Crippen LogP contribution in [0.5, 0.6) is 0 Å². The highest BCUT2D eigenvalue weighted by molar-refractivity contribution is 5.29. The van der Waals surface area contributed by atoms with Gasteiger partial charge in [0.2, 0.25) is 0 Å². The van der Waals surface area contributed by atoms with Crippen LogP contribution >= 0.6 is 0 Å². The van der Waals surface area contributed by atoms with Crippen LogP contribution in [0, 0.1) is 0 Å².